The number of halogens is 1. The Morgan fingerprint density at radius 1 is 0.967 bits per heavy atom. The SMILES string of the molecule is O=C1C[C@H](N2CCC(Nc3ccc4c(c3)OCO4)CC2)C(=O)N1c1ccc(F)cc1. The van der Waals surface area contributed by atoms with E-state index in [-0.39, 0.29) is 31.1 Å². The quantitative estimate of drug-likeness (QED) is 0.781. The van der Waals surface area contributed by atoms with Crippen molar-refractivity contribution in [3.05, 3.63) is 48.3 Å². The number of likely N-dealkylation sites (tertiary alicyclic amines) is 1. The Kier molecular flexibility index (Phi) is 4.78. The van der Waals surface area contributed by atoms with Gasteiger partial charge in [0, 0.05) is 30.9 Å². The molecule has 0 bridgehead atoms. The molecule has 3 aliphatic rings. The lowest BCUT2D eigenvalue weighted by Crippen LogP contribution is -2.48. The molecule has 0 radical (unpaired) electrons. The first-order valence-corrected chi connectivity index (χ1v) is 10.1. The number of nitrogens with one attached hydrogen (secondary N) is 1. The van der Waals surface area contributed by atoms with Crippen molar-refractivity contribution in [3.8, 4) is 11.5 Å². The van der Waals surface area contributed by atoms with Crippen LogP contribution in [0.1, 0.15) is 19.3 Å². The van der Waals surface area contributed by atoms with Gasteiger partial charge in [-0.05, 0) is 49.2 Å². The van der Waals surface area contributed by atoms with Gasteiger partial charge in [-0.25, -0.2) is 9.29 Å². The minimum absolute atomic E-state index is 0.163. The number of imide groups is 1. The minimum Gasteiger partial charge on any atom is -0.454 e. The fourth-order valence-corrected chi connectivity index (χ4v) is 4.34. The van der Waals surface area contributed by atoms with Gasteiger partial charge in [0.1, 0.15) is 5.82 Å². The first kappa shape index (κ1) is 18.9. The van der Waals surface area contributed by atoms with Crippen LogP contribution in [0.15, 0.2) is 42.5 Å². The smallest absolute Gasteiger partial charge is 0.251 e. The maximum absolute atomic E-state index is 13.2. The number of ether oxygens (including phenoxy) is 2. The average molecular weight is 411 g/mol. The minimum atomic E-state index is -0.450. The van der Waals surface area contributed by atoms with Gasteiger partial charge in [-0.1, -0.05) is 0 Å². The van der Waals surface area contributed by atoms with Crippen LogP contribution in [0.2, 0.25) is 0 Å². The van der Waals surface area contributed by atoms with E-state index in [0.29, 0.717) is 5.69 Å². The van der Waals surface area contributed by atoms with Crippen molar-refractivity contribution in [1.29, 1.82) is 0 Å². The van der Waals surface area contributed by atoms with E-state index in [4.69, 9.17) is 9.47 Å². The Morgan fingerprint density at radius 2 is 1.70 bits per heavy atom. The zero-order chi connectivity index (χ0) is 20.7. The Bertz CT molecular complexity index is 973. The van der Waals surface area contributed by atoms with Crippen molar-refractivity contribution < 1.29 is 23.5 Å². The van der Waals surface area contributed by atoms with Gasteiger partial charge < -0.3 is 14.8 Å². The van der Waals surface area contributed by atoms with Crippen LogP contribution in [0.5, 0.6) is 11.5 Å². The molecule has 0 unspecified atom stereocenters. The molecule has 2 saturated heterocycles. The van der Waals surface area contributed by atoms with Gasteiger partial charge >= 0.3 is 0 Å². The van der Waals surface area contributed by atoms with E-state index in [2.05, 4.69) is 10.2 Å². The average Bonchev–Trinajstić information content (AvgIpc) is 3.33. The molecule has 2 amide bonds. The highest BCUT2D eigenvalue weighted by molar-refractivity contribution is 6.22. The summed E-state index contributed by atoms with van der Waals surface area (Å²) in [6.45, 7) is 1.70. The molecule has 30 heavy (non-hydrogen) atoms. The number of amides is 2. The van der Waals surface area contributed by atoms with E-state index >= 15 is 0 Å². The lowest BCUT2D eigenvalue weighted by Gasteiger charge is -2.35. The van der Waals surface area contributed by atoms with E-state index in [1.54, 1.807) is 0 Å². The lowest BCUT2D eigenvalue weighted by molar-refractivity contribution is -0.123. The summed E-state index contributed by atoms with van der Waals surface area (Å²) in [5.41, 5.74) is 1.40. The summed E-state index contributed by atoms with van der Waals surface area (Å²) in [5.74, 6) is 0.635. The molecular formula is C22H22FN3O4. The highest BCUT2D eigenvalue weighted by Gasteiger charge is 2.43. The molecule has 8 heteroatoms. The van der Waals surface area contributed by atoms with Crippen LogP contribution in [0.25, 0.3) is 0 Å². The van der Waals surface area contributed by atoms with Crippen molar-refractivity contribution in [2.24, 2.45) is 0 Å². The molecule has 3 heterocycles. The predicted molar refractivity (Wildman–Crippen MR) is 108 cm³/mol. The van der Waals surface area contributed by atoms with Crippen LogP contribution < -0.4 is 19.7 Å². The van der Waals surface area contributed by atoms with Gasteiger partial charge in [-0.2, -0.15) is 0 Å². The number of hydrogen-bond donors (Lipinski definition) is 1. The van der Waals surface area contributed by atoms with Crippen LogP contribution in [0.4, 0.5) is 15.8 Å². The Hall–Kier alpha value is -3.13. The van der Waals surface area contributed by atoms with E-state index in [1.165, 1.54) is 29.2 Å². The summed E-state index contributed by atoms with van der Waals surface area (Å²) in [5, 5.41) is 3.52. The molecule has 0 saturated carbocycles. The predicted octanol–water partition coefficient (Wildman–Crippen LogP) is 2.76. The maximum Gasteiger partial charge on any atom is 0.251 e. The van der Waals surface area contributed by atoms with Crippen molar-refractivity contribution in [2.75, 3.05) is 30.1 Å². The first-order chi connectivity index (χ1) is 14.6. The molecule has 5 rings (SSSR count). The Morgan fingerprint density at radius 3 is 2.47 bits per heavy atom. The largest absolute Gasteiger partial charge is 0.454 e. The Labute approximate surface area is 173 Å². The second-order valence-corrected chi connectivity index (χ2v) is 7.79. The molecule has 0 aromatic heterocycles. The molecule has 2 aromatic carbocycles. The monoisotopic (exact) mass is 411 g/mol. The van der Waals surface area contributed by atoms with Gasteiger partial charge in [0.2, 0.25) is 12.7 Å². The molecule has 0 spiro atoms. The van der Waals surface area contributed by atoms with Gasteiger partial charge in [0.25, 0.3) is 5.91 Å². The van der Waals surface area contributed by atoms with Gasteiger partial charge in [0.15, 0.2) is 11.5 Å². The third-order valence-corrected chi connectivity index (χ3v) is 5.92. The van der Waals surface area contributed by atoms with Crippen molar-refractivity contribution in [1.82, 2.24) is 4.90 Å². The number of rotatable bonds is 4. The van der Waals surface area contributed by atoms with Crippen LogP contribution in [0.3, 0.4) is 0 Å². The fourth-order valence-electron chi connectivity index (χ4n) is 4.34. The van der Waals surface area contributed by atoms with Crippen LogP contribution in [-0.2, 0) is 9.59 Å². The van der Waals surface area contributed by atoms with Crippen molar-refractivity contribution in [3.63, 3.8) is 0 Å². The zero-order valence-electron chi connectivity index (χ0n) is 16.3. The summed E-state index contributed by atoms with van der Waals surface area (Å²) in [4.78, 5) is 28.6. The standard InChI is InChI=1S/C22H22FN3O4/c23-14-1-4-17(5-2-14)26-21(27)12-18(22(26)28)25-9-7-15(8-10-25)24-16-3-6-19-20(11-16)30-13-29-19/h1-6,11,15,18,24H,7-10,12-13H2/t18-/m0/s1. The van der Waals surface area contributed by atoms with Gasteiger partial charge in [-0.3, -0.25) is 14.5 Å². The number of benzene rings is 2. The number of hydrogen-bond acceptors (Lipinski definition) is 6. The Balaban J connectivity index is 1.20. The van der Waals surface area contributed by atoms with E-state index in [1.807, 2.05) is 18.2 Å². The highest BCUT2D eigenvalue weighted by Crippen LogP contribution is 2.35. The van der Waals surface area contributed by atoms with Crippen LogP contribution in [0, 0.1) is 5.82 Å². The molecule has 156 valence electrons. The summed E-state index contributed by atoms with van der Waals surface area (Å²) in [7, 11) is 0. The topological polar surface area (TPSA) is 71.1 Å². The summed E-state index contributed by atoms with van der Waals surface area (Å²) in [6, 6.07) is 11.1. The lowest BCUT2D eigenvalue weighted by atomic mass is 10.0. The number of nitrogens with zero attached hydrogens (tertiary/aromatic N) is 2. The normalized spacial score (nSPS) is 22.0. The summed E-state index contributed by atoms with van der Waals surface area (Å²) < 4.78 is 23.9. The van der Waals surface area contributed by atoms with Gasteiger partial charge in [-0.15, -0.1) is 0 Å². The molecule has 3 aliphatic heterocycles. The molecule has 0 aliphatic carbocycles. The number of carbonyl (C=O) groups is 2. The number of anilines is 2. The summed E-state index contributed by atoms with van der Waals surface area (Å²) in [6.07, 6.45) is 1.89. The van der Waals surface area contributed by atoms with Crippen molar-refractivity contribution >= 4 is 23.2 Å². The van der Waals surface area contributed by atoms with Gasteiger partial charge in [0.05, 0.1) is 18.2 Å². The number of fused-ring (bicyclic) bond motifs is 1. The fraction of sp³-hybridized carbons (Fsp3) is 0.364. The zero-order valence-corrected chi connectivity index (χ0v) is 16.3. The van der Waals surface area contributed by atoms with E-state index in [0.717, 1.165) is 43.1 Å². The molecular weight excluding hydrogens is 389 g/mol. The second-order valence-electron chi connectivity index (χ2n) is 7.79. The third kappa shape index (κ3) is 3.47. The van der Waals surface area contributed by atoms with Crippen molar-refractivity contribution in [2.45, 2.75) is 31.3 Å². The summed E-state index contributed by atoms with van der Waals surface area (Å²) >= 11 is 0. The molecule has 2 fully saturated rings. The van der Waals surface area contributed by atoms with Crippen LogP contribution in [-0.4, -0.2) is 48.7 Å². The third-order valence-electron chi connectivity index (χ3n) is 5.92. The first-order valence-electron chi connectivity index (χ1n) is 10.1. The molecule has 1 N–H and O–H groups in total. The maximum atomic E-state index is 13.2. The number of piperidine rings is 1. The molecule has 2 aromatic rings. The van der Waals surface area contributed by atoms with E-state index < -0.39 is 11.9 Å². The second kappa shape index (κ2) is 7.60. The number of carbonyl (C=O) groups excluding carboxylic acids is 2. The molecule has 7 nitrogen and oxygen atoms in total. The van der Waals surface area contributed by atoms with Crippen LogP contribution >= 0.6 is 0 Å². The molecule has 1 atom stereocenters. The highest BCUT2D eigenvalue weighted by atomic mass is 19.1. The van der Waals surface area contributed by atoms with E-state index in [9.17, 15) is 14.0 Å².